The van der Waals surface area contributed by atoms with E-state index in [-0.39, 0.29) is 5.91 Å². The number of nitrogens with zero attached hydrogens (tertiary/aromatic N) is 2. The maximum atomic E-state index is 12.3. The van der Waals surface area contributed by atoms with Gasteiger partial charge in [0.1, 0.15) is 5.75 Å². The fourth-order valence-corrected chi connectivity index (χ4v) is 3.63. The van der Waals surface area contributed by atoms with Gasteiger partial charge in [-0.15, -0.1) is 0 Å². The quantitative estimate of drug-likeness (QED) is 0.764. The number of aryl methyl sites for hydroxylation is 1. The van der Waals surface area contributed by atoms with Crippen LogP contribution in [-0.4, -0.2) is 56.7 Å². The molecule has 1 heterocycles. The van der Waals surface area contributed by atoms with Crippen LogP contribution in [0.25, 0.3) is 0 Å². The Balaban J connectivity index is 1.42. The van der Waals surface area contributed by atoms with Gasteiger partial charge in [-0.05, 0) is 43.5 Å². The maximum absolute atomic E-state index is 12.3. The summed E-state index contributed by atoms with van der Waals surface area (Å²) in [6, 6.07) is 16.5. The van der Waals surface area contributed by atoms with Crippen LogP contribution in [0.5, 0.6) is 5.75 Å². The summed E-state index contributed by atoms with van der Waals surface area (Å²) in [5, 5.41) is 3.06. The number of nitrogens with one attached hydrogen (secondary N) is 1. The SMILES string of the molecule is CCOc1ccccc1N1CCN(CC(=O)NCCc2ccccc2C)CC1. The normalized spacial score (nSPS) is 14.7. The van der Waals surface area contributed by atoms with Crippen molar-refractivity contribution >= 4 is 11.6 Å². The zero-order chi connectivity index (χ0) is 19.8. The van der Waals surface area contributed by atoms with Gasteiger partial charge in [0.2, 0.25) is 5.91 Å². The molecule has 0 saturated carbocycles. The van der Waals surface area contributed by atoms with Crippen molar-refractivity contribution in [3.63, 3.8) is 0 Å². The van der Waals surface area contributed by atoms with Gasteiger partial charge in [0.25, 0.3) is 0 Å². The third kappa shape index (κ3) is 5.49. The van der Waals surface area contributed by atoms with Crippen LogP contribution in [-0.2, 0) is 11.2 Å². The summed E-state index contributed by atoms with van der Waals surface area (Å²) in [5.74, 6) is 1.05. The Bertz CT molecular complexity index is 770. The molecule has 5 heteroatoms. The summed E-state index contributed by atoms with van der Waals surface area (Å²) in [7, 11) is 0. The molecule has 1 aliphatic rings. The van der Waals surface area contributed by atoms with Gasteiger partial charge in [0.15, 0.2) is 0 Å². The summed E-state index contributed by atoms with van der Waals surface area (Å²) in [6.45, 7) is 9.50. The van der Waals surface area contributed by atoms with Crippen molar-refractivity contribution < 1.29 is 9.53 Å². The van der Waals surface area contributed by atoms with Gasteiger partial charge in [-0.3, -0.25) is 9.69 Å². The van der Waals surface area contributed by atoms with Gasteiger partial charge in [-0.2, -0.15) is 0 Å². The predicted octanol–water partition coefficient (Wildman–Crippen LogP) is 2.87. The Morgan fingerprint density at radius 2 is 1.75 bits per heavy atom. The lowest BCUT2D eigenvalue weighted by atomic mass is 10.1. The fourth-order valence-electron chi connectivity index (χ4n) is 3.63. The van der Waals surface area contributed by atoms with Crippen molar-refractivity contribution in [2.45, 2.75) is 20.3 Å². The first kappa shape index (κ1) is 20.2. The molecule has 28 heavy (non-hydrogen) atoms. The van der Waals surface area contributed by atoms with E-state index in [1.807, 2.05) is 37.3 Å². The minimum Gasteiger partial charge on any atom is -0.492 e. The first-order valence-electron chi connectivity index (χ1n) is 10.2. The molecular weight excluding hydrogens is 350 g/mol. The highest BCUT2D eigenvalue weighted by Crippen LogP contribution is 2.28. The molecule has 1 aliphatic heterocycles. The second-order valence-electron chi connectivity index (χ2n) is 7.19. The first-order chi connectivity index (χ1) is 13.7. The highest BCUT2D eigenvalue weighted by molar-refractivity contribution is 5.78. The van der Waals surface area contributed by atoms with Crippen molar-refractivity contribution in [1.82, 2.24) is 10.2 Å². The molecule has 0 aliphatic carbocycles. The third-order valence-corrected chi connectivity index (χ3v) is 5.22. The molecule has 150 valence electrons. The molecule has 3 rings (SSSR count). The zero-order valence-electron chi connectivity index (χ0n) is 17.0. The largest absolute Gasteiger partial charge is 0.492 e. The van der Waals surface area contributed by atoms with Crippen LogP contribution in [0.1, 0.15) is 18.1 Å². The van der Waals surface area contributed by atoms with Crippen LogP contribution in [0.3, 0.4) is 0 Å². The highest BCUT2D eigenvalue weighted by atomic mass is 16.5. The number of amides is 1. The van der Waals surface area contributed by atoms with Crippen LogP contribution in [0, 0.1) is 6.92 Å². The number of benzene rings is 2. The van der Waals surface area contributed by atoms with Gasteiger partial charge in [0.05, 0.1) is 18.8 Å². The van der Waals surface area contributed by atoms with Crippen molar-refractivity contribution in [2.75, 3.05) is 50.8 Å². The molecule has 1 amide bonds. The predicted molar refractivity (Wildman–Crippen MR) is 114 cm³/mol. The fraction of sp³-hybridized carbons (Fsp3) is 0.435. The van der Waals surface area contributed by atoms with Crippen molar-refractivity contribution in [3.05, 3.63) is 59.7 Å². The van der Waals surface area contributed by atoms with E-state index in [0.29, 0.717) is 19.7 Å². The molecular formula is C23H31N3O2. The zero-order valence-corrected chi connectivity index (χ0v) is 17.0. The monoisotopic (exact) mass is 381 g/mol. The second kappa shape index (κ2) is 10.1. The number of rotatable bonds is 8. The van der Waals surface area contributed by atoms with Crippen molar-refractivity contribution in [1.29, 1.82) is 0 Å². The molecule has 1 N–H and O–H groups in total. The molecule has 0 spiro atoms. The van der Waals surface area contributed by atoms with E-state index in [1.165, 1.54) is 11.1 Å². The molecule has 0 unspecified atom stereocenters. The molecule has 0 radical (unpaired) electrons. The van der Waals surface area contributed by atoms with Gasteiger partial charge < -0.3 is 15.0 Å². The summed E-state index contributed by atoms with van der Waals surface area (Å²) < 4.78 is 5.75. The summed E-state index contributed by atoms with van der Waals surface area (Å²) >= 11 is 0. The van der Waals surface area contributed by atoms with Crippen LogP contribution in [0.15, 0.2) is 48.5 Å². The summed E-state index contributed by atoms with van der Waals surface area (Å²) in [6.07, 6.45) is 0.875. The molecule has 5 nitrogen and oxygen atoms in total. The Kier molecular flexibility index (Phi) is 7.31. The van der Waals surface area contributed by atoms with E-state index in [0.717, 1.165) is 44.0 Å². The number of carbonyl (C=O) groups is 1. The molecule has 1 saturated heterocycles. The van der Waals surface area contributed by atoms with Gasteiger partial charge in [-0.1, -0.05) is 36.4 Å². The van der Waals surface area contributed by atoms with E-state index in [4.69, 9.17) is 4.74 Å². The molecule has 2 aromatic rings. The Morgan fingerprint density at radius 1 is 1.04 bits per heavy atom. The number of piperazine rings is 1. The summed E-state index contributed by atoms with van der Waals surface area (Å²) in [4.78, 5) is 16.9. The van der Waals surface area contributed by atoms with Crippen LogP contribution < -0.4 is 15.0 Å². The lowest BCUT2D eigenvalue weighted by Crippen LogP contribution is -2.49. The van der Waals surface area contributed by atoms with Crippen molar-refractivity contribution in [3.8, 4) is 5.75 Å². The van der Waals surface area contributed by atoms with Gasteiger partial charge >= 0.3 is 0 Å². The number of hydrogen-bond acceptors (Lipinski definition) is 4. The molecule has 1 fully saturated rings. The second-order valence-corrected chi connectivity index (χ2v) is 7.19. The number of hydrogen-bond donors (Lipinski definition) is 1. The smallest absolute Gasteiger partial charge is 0.234 e. The Labute approximate surface area is 168 Å². The number of ether oxygens (including phenoxy) is 1. The first-order valence-corrected chi connectivity index (χ1v) is 10.2. The third-order valence-electron chi connectivity index (χ3n) is 5.22. The van der Waals surface area contributed by atoms with E-state index in [1.54, 1.807) is 0 Å². The van der Waals surface area contributed by atoms with Crippen LogP contribution in [0.4, 0.5) is 5.69 Å². The topological polar surface area (TPSA) is 44.8 Å². The van der Waals surface area contributed by atoms with E-state index >= 15 is 0 Å². The average Bonchev–Trinajstić information content (AvgIpc) is 2.71. The number of carbonyl (C=O) groups excluding carboxylic acids is 1. The minimum atomic E-state index is 0.108. The van der Waals surface area contributed by atoms with E-state index < -0.39 is 0 Å². The van der Waals surface area contributed by atoms with Crippen LogP contribution in [0.2, 0.25) is 0 Å². The molecule has 0 bridgehead atoms. The summed E-state index contributed by atoms with van der Waals surface area (Å²) in [5.41, 5.74) is 3.72. The maximum Gasteiger partial charge on any atom is 0.234 e. The van der Waals surface area contributed by atoms with Crippen molar-refractivity contribution in [2.24, 2.45) is 0 Å². The molecule has 0 atom stereocenters. The van der Waals surface area contributed by atoms with E-state index in [2.05, 4.69) is 40.2 Å². The number of anilines is 1. The number of para-hydroxylation sites is 2. The minimum absolute atomic E-state index is 0.108. The van der Waals surface area contributed by atoms with Crippen LogP contribution >= 0.6 is 0 Å². The Hall–Kier alpha value is -2.53. The highest BCUT2D eigenvalue weighted by Gasteiger charge is 2.21. The van der Waals surface area contributed by atoms with Gasteiger partial charge in [0, 0.05) is 32.7 Å². The standard InChI is InChI=1S/C23H31N3O2/c1-3-28-22-11-7-6-10-21(22)26-16-14-25(15-17-26)18-23(27)24-13-12-20-9-5-4-8-19(20)2/h4-11H,3,12-18H2,1-2H3,(H,24,27). The van der Waals surface area contributed by atoms with E-state index in [9.17, 15) is 4.79 Å². The lowest BCUT2D eigenvalue weighted by molar-refractivity contribution is -0.122. The molecule has 0 aromatic heterocycles. The lowest BCUT2D eigenvalue weighted by Gasteiger charge is -2.36. The van der Waals surface area contributed by atoms with Gasteiger partial charge in [-0.25, -0.2) is 0 Å². The Morgan fingerprint density at radius 3 is 2.50 bits per heavy atom. The average molecular weight is 382 g/mol. The molecule has 2 aromatic carbocycles.